The van der Waals surface area contributed by atoms with Crippen LogP contribution in [-0.4, -0.2) is 18.8 Å². The maximum atomic E-state index is 5.66. The van der Waals surface area contributed by atoms with E-state index in [-0.39, 0.29) is 12.1 Å². The second-order valence-electron chi connectivity index (χ2n) is 4.77. The molecule has 0 saturated heterocycles. The molecule has 2 rings (SSSR count). The molecule has 1 aromatic carbocycles. The Labute approximate surface area is 103 Å². The molecule has 1 aliphatic carbocycles. The molecule has 3 nitrogen and oxygen atoms in total. The largest absolute Gasteiger partial charge is 0.377 e. The van der Waals surface area contributed by atoms with E-state index in [2.05, 4.69) is 42.7 Å². The van der Waals surface area contributed by atoms with Crippen LogP contribution >= 0.6 is 0 Å². The van der Waals surface area contributed by atoms with Gasteiger partial charge in [-0.05, 0) is 37.7 Å². The number of hydrogen-bond donors (Lipinski definition) is 2. The Bertz CT molecular complexity index is 341. The maximum Gasteiger partial charge on any atom is 0.0716 e. The van der Waals surface area contributed by atoms with Crippen LogP contribution < -0.4 is 11.3 Å². The van der Waals surface area contributed by atoms with Crippen LogP contribution in [-0.2, 0) is 4.74 Å². The van der Waals surface area contributed by atoms with E-state index in [0.29, 0.717) is 11.8 Å². The van der Waals surface area contributed by atoms with Gasteiger partial charge in [-0.1, -0.05) is 30.3 Å². The van der Waals surface area contributed by atoms with Crippen molar-refractivity contribution in [2.45, 2.75) is 38.3 Å². The fourth-order valence-corrected chi connectivity index (χ4v) is 2.67. The summed E-state index contributed by atoms with van der Waals surface area (Å²) < 4.78 is 5.64. The lowest BCUT2D eigenvalue weighted by Crippen LogP contribution is -2.45. The van der Waals surface area contributed by atoms with Gasteiger partial charge in [0.1, 0.15) is 0 Å². The summed E-state index contributed by atoms with van der Waals surface area (Å²) in [6, 6.07) is 10.9. The number of benzene rings is 1. The van der Waals surface area contributed by atoms with Gasteiger partial charge in [0.15, 0.2) is 0 Å². The summed E-state index contributed by atoms with van der Waals surface area (Å²) >= 11 is 0. The molecule has 94 valence electrons. The van der Waals surface area contributed by atoms with Crippen molar-refractivity contribution in [3.05, 3.63) is 35.9 Å². The number of ether oxygens (including phenoxy) is 1. The summed E-state index contributed by atoms with van der Waals surface area (Å²) in [5.41, 5.74) is 4.34. The highest BCUT2D eigenvalue weighted by atomic mass is 16.5. The third kappa shape index (κ3) is 2.86. The van der Waals surface area contributed by atoms with E-state index in [1.807, 2.05) is 6.92 Å². The molecule has 1 saturated carbocycles. The lowest BCUT2D eigenvalue weighted by atomic mass is 10.0. The summed E-state index contributed by atoms with van der Waals surface area (Å²) in [6.45, 7) is 4.85. The molecule has 3 N–H and O–H groups in total. The number of rotatable bonds is 6. The van der Waals surface area contributed by atoms with Gasteiger partial charge in [-0.3, -0.25) is 11.3 Å². The molecule has 4 atom stereocenters. The van der Waals surface area contributed by atoms with Crippen LogP contribution in [0.4, 0.5) is 0 Å². The zero-order valence-corrected chi connectivity index (χ0v) is 10.6. The van der Waals surface area contributed by atoms with Gasteiger partial charge in [-0.2, -0.15) is 0 Å². The quantitative estimate of drug-likeness (QED) is 0.585. The second-order valence-corrected chi connectivity index (χ2v) is 4.77. The molecule has 0 spiro atoms. The lowest BCUT2D eigenvalue weighted by molar-refractivity contribution is 0.0409. The average molecular weight is 234 g/mol. The van der Waals surface area contributed by atoms with E-state index in [1.165, 1.54) is 12.0 Å². The van der Waals surface area contributed by atoms with Crippen molar-refractivity contribution < 1.29 is 4.74 Å². The summed E-state index contributed by atoms with van der Waals surface area (Å²) in [4.78, 5) is 0. The van der Waals surface area contributed by atoms with Crippen molar-refractivity contribution in [2.75, 3.05) is 6.61 Å². The van der Waals surface area contributed by atoms with E-state index >= 15 is 0 Å². The van der Waals surface area contributed by atoms with Crippen LogP contribution in [0.2, 0.25) is 0 Å². The van der Waals surface area contributed by atoms with Crippen LogP contribution in [0.15, 0.2) is 30.3 Å². The van der Waals surface area contributed by atoms with E-state index in [1.54, 1.807) is 0 Å². The van der Waals surface area contributed by atoms with Crippen LogP contribution in [0, 0.1) is 5.92 Å². The molecule has 0 amide bonds. The van der Waals surface area contributed by atoms with Crippen LogP contribution in [0.3, 0.4) is 0 Å². The van der Waals surface area contributed by atoms with Gasteiger partial charge in [-0.25, -0.2) is 0 Å². The van der Waals surface area contributed by atoms with Crippen molar-refractivity contribution in [3.63, 3.8) is 0 Å². The highest BCUT2D eigenvalue weighted by molar-refractivity contribution is 5.26. The van der Waals surface area contributed by atoms with Gasteiger partial charge in [0.2, 0.25) is 0 Å². The summed E-state index contributed by atoms with van der Waals surface area (Å²) in [6.07, 6.45) is 1.37. The van der Waals surface area contributed by atoms with Gasteiger partial charge in [0.05, 0.1) is 12.1 Å². The minimum absolute atomic E-state index is 0.170. The zero-order chi connectivity index (χ0) is 12.3. The Morgan fingerprint density at radius 2 is 2.12 bits per heavy atom. The van der Waals surface area contributed by atoms with Gasteiger partial charge in [-0.15, -0.1) is 0 Å². The predicted octanol–water partition coefficient (Wildman–Crippen LogP) is 2.05. The van der Waals surface area contributed by atoms with Crippen molar-refractivity contribution in [3.8, 4) is 0 Å². The first kappa shape index (κ1) is 12.6. The molecule has 0 radical (unpaired) electrons. The SMILES string of the molecule is CCOC(C)C(NN)C1CC1c1ccccc1. The topological polar surface area (TPSA) is 47.3 Å². The van der Waals surface area contributed by atoms with Crippen LogP contribution in [0.25, 0.3) is 0 Å². The molecule has 17 heavy (non-hydrogen) atoms. The van der Waals surface area contributed by atoms with Gasteiger partial charge >= 0.3 is 0 Å². The van der Waals surface area contributed by atoms with Gasteiger partial charge in [0, 0.05) is 6.61 Å². The average Bonchev–Trinajstić information content (AvgIpc) is 3.12. The van der Waals surface area contributed by atoms with Crippen molar-refractivity contribution >= 4 is 0 Å². The molecule has 1 aromatic rings. The summed E-state index contributed by atoms with van der Waals surface area (Å²) in [5.74, 6) is 6.90. The maximum absolute atomic E-state index is 5.66. The van der Waals surface area contributed by atoms with Crippen LogP contribution in [0.5, 0.6) is 0 Å². The van der Waals surface area contributed by atoms with Crippen molar-refractivity contribution in [2.24, 2.45) is 11.8 Å². The molecule has 1 fully saturated rings. The minimum Gasteiger partial charge on any atom is -0.377 e. The van der Waals surface area contributed by atoms with Gasteiger partial charge < -0.3 is 4.74 Å². The third-order valence-electron chi connectivity index (χ3n) is 3.66. The van der Waals surface area contributed by atoms with Crippen LogP contribution in [0.1, 0.15) is 31.7 Å². The third-order valence-corrected chi connectivity index (χ3v) is 3.66. The van der Waals surface area contributed by atoms with E-state index in [9.17, 15) is 0 Å². The fourth-order valence-electron chi connectivity index (χ4n) is 2.67. The van der Waals surface area contributed by atoms with Crippen molar-refractivity contribution in [1.29, 1.82) is 0 Å². The molecule has 1 aliphatic rings. The molecular formula is C14H22N2O. The molecule has 4 unspecified atom stereocenters. The molecule has 0 heterocycles. The lowest BCUT2D eigenvalue weighted by Gasteiger charge is -2.23. The molecule has 0 bridgehead atoms. The Morgan fingerprint density at radius 1 is 1.41 bits per heavy atom. The standard InChI is InChI=1S/C14H22N2O/c1-3-17-10(2)14(16-15)13-9-12(13)11-7-5-4-6-8-11/h4-8,10,12-14,16H,3,9,15H2,1-2H3. The number of hydrazine groups is 1. The van der Waals surface area contributed by atoms with E-state index in [4.69, 9.17) is 10.6 Å². The molecular weight excluding hydrogens is 212 g/mol. The number of nitrogens with one attached hydrogen (secondary N) is 1. The Morgan fingerprint density at radius 3 is 2.71 bits per heavy atom. The van der Waals surface area contributed by atoms with Gasteiger partial charge in [0.25, 0.3) is 0 Å². The molecule has 3 heteroatoms. The Hall–Kier alpha value is -0.900. The number of hydrogen-bond acceptors (Lipinski definition) is 3. The highest BCUT2D eigenvalue weighted by Gasteiger charge is 2.45. The zero-order valence-electron chi connectivity index (χ0n) is 10.6. The first-order valence-electron chi connectivity index (χ1n) is 6.40. The first-order chi connectivity index (χ1) is 8.27. The second kappa shape index (κ2) is 5.63. The predicted molar refractivity (Wildman–Crippen MR) is 69.5 cm³/mol. The summed E-state index contributed by atoms with van der Waals surface area (Å²) in [7, 11) is 0. The van der Waals surface area contributed by atoms with E-state index < -0.39 is 0 Å². The summed E-state index contributed by atoms with van der Waals surface area (Å²) in [5, 5.41) is 0. The first-order valence-corrected chi connectivity index (χ1v) is 6.40. The fraction of sp³-hybridized carbons (Fsp3) is 0.571. The molecule has 0 aromatic heterocycles. The molecule has 0 aliphatic heterocycles. The van der Waals surface area contributed by atoms with Crippen molar-refractivity contribution in [1.82, 2.24) is 5.43 Å². The monoisotopic (exact) mass is 234 g/mol. The minimum atomic E-state index is 0.170. The van der Waals surface area contributed by atoms with E-state index in [0.717, 1.165) is 6.61 Å². The Balaban J connectivity index is 1.96. The number of nitrogens with two attached hydrogens (primary N) is 1. The Kier molecular flexibility index (Phi) is 4.15. The smallest absolute Gasteiger partial charge is 0.0716 e. The normalized spacial score (nSPS) is 26.5. The highest BCUT2D eigenvalue weighted by Crippen LogP contribution is 2.50.